The van der Waals surface area contributed by atoms with Gasteiger partial charge in [-0.1, -0.05) is 6.08 Å². The highest BCUT2D eigenvalue weighted by atomic mass is 19.1. The molecule has 0 bridgehead atoms. The van der Waals surface area contributed by atoms with E-state index in [1.54, 1.807) is 33.0 Å². The summed E-state index contributed by atoms with van der Waals surface area (Å²) in [6.45, 7) is 3.53. The number of fused-ring (bicyclic) bond motifs is 1. The van der Waals surface area contributed by atoms with Gasteiger partial charge in [-0.2, -0.15) is 0 Å². The van der Waals surface area contributed by atoms with E-state index in [4.69, 9.17) is 0 Å². The number of benzene rings is 1. The van der Waals surface area contributed by atoms with Crippen molar-refractivity contribution in [1.29, 1.82) is 0 Å². The van der Waals surface area contributed by atoms with E-state index in [2.05, 4.69) is 16.0 Å². The number of rotatable bonds is 4. The number of hydrogen-bond donors (Lipinski definition) is 3. The van der Waals surface area contributed by atoms with E-state index < -0.39 is 5.82 Å². The normalized spacial score (nSPS) is 16.2. The van der Waals surface area contributed by atoms with Crippen LogP contribution in [0, 0.1) is 5.82 Å². The SMILES string of the molecule is C/C=C(\C=C1/C(=O)Nc2ccc(F)cc21)N/C(C)=C/C(=O)NC. The fraction of sp³-hybridized carbons (Fsp3) is 0.176. The maximum atomic E-state index is 13.4. The predicted octanol–water partition coefficient (Wildman–Crippen LogP) is 2.30. The molecule has 1 aliphatic heterocycles. The molecule has 0 unspecified atom stereocenters. The molecule has 3 N–H and O–H groups in total. The topological polar surface area (TPSA) is 70.2 Å². The Morgan fingerprint density at radius 1 is 1.35 bits per heavy atom. The van der Waals surface area contributed by atoms with Crippen LogP contribution in [0.1, 0.15) is 19.4 Å². The quantitative estimate of drug-likeness (QED) is 0.747. The summed E-state index contributed by atoms with van der Waals surface area (Å²) < 4.78 is 13.4. The summed E-state index contributed by atoms with van der Waals surface area (Å²) in [6, 6.07) is 4.15. The van der Waals surface area contributed by atoms with E-state index in [-0.39, 0.29) is 11.8 Å². The van der Waals surface area contributed by atoms with Crippen molar-refractivity contribution < 1.29 is 14.0 Å². The van der Waals surface area contributed by atoms with E-state index in [0.717, 1.165) is 0 Å². The van der Waals surface area contributed by atoms with Gasteiger partial charge >= 0.3 is 0 Å². The van der Waals surface area contributed by atoms with Crippen molar-refractivity contribution >= 4 is 23.1 Å². The first-order chi connectivity index (χ1) is 10.9. The first kappa shape index (κ1) is 16.5. The fourth-order valence-electron chi connectivity index (χ4n) is 2.18. The van der Waals surface area contributed by atoms with Crippen LogP contribution in [-0.2, 0) is 9.59 Å². The first-order valence-corrected chi connectivity index (χ1v) is 7.11. The van der Waals surface area contributed by atoms with E-state index in [9.17, 15) is 14.0 Å². The largest absolute Gasteiger partial charge is 0.359 e. The van der Waals surface area contributed by atoms with Crippen LogP contribution in [0.15, 0.2) is 47.8 Å². The van der Waals surface area contributed by atoms with Crippen molar-refractivity contribution in [2.75, 3.05) is 12.4 Å². The highest BCUT2D eigenvalue weighted by molar-refractivity contribution is 6.31. The molecule has 6 heteroatoms. The number of amides is 2. The Labute approximate surface area is 134 Å². The Kier molecular flexibility index (Phi) is 4.95. The van der Waals surface area contributed by atoms with Gasteiger partial charge in [0.15, 0.2) is 0 Å². The summed E-state index contributed by atoms with van der Waals surface area (Å²) in [5.74, 6) is -0.930. The third kappa shape index (κ3) is 3.85. The molecular formula is C17H18FN3O2. The molecule has 23 heavy (non-hydrogen) atoms. The summed E-state index contributed by atoms with van der Waals surface area (Å²) in [5.41, 5.74) is 2.71. The lowest BCUT2D eigenvalue weighted by molar-refractivity contribution is -0.116. The maximum Gasteiger partial charge on any atom is 0.256 e. The molecule has 0 fully saturated rings. The Morgan fingerprint density at radius 3 is 2.74 bits per heavy atom. The molecule has 0 saturated carbocycles. The van der Waals surface area contributed by atoms with Crippen molar-refractivity contribution in [3.05, 3.63) is 59.2 Å². The standard InChI is InChI=1S/C17H18FN3O2/c1-4-12(20-10(2)7-16(22)19-3)9-14-13-8-11(18)5-6-15(13)21-17(14)23/h4-9,20H,1-3H3,(H,19,22)(H,21,23)/b10-7+,12-4+,14-9-. The van der Waals surface area contributed by atoms with Crippen molar-refractivity contribution in [3.8, 4) is 0 Å². The molecule has 1 aromatic rings. The second-order valence-electron chi connectivity index (χ2n) is 5.01. The zero-order valence-corrected chi connectivity index (χ0v) is 13.2. The van der Waals surface area contributed by atoms with Crippen molar-refractivity contribution in [2.24, 2.45) is 0 Å². The van der Waals surface area contributed by atoms with Crippen LogP contribution in [0.3, 0.4) is 0 Å². The number of likely N-dealkylation sites (N-methyl/N-ethyl adjacent to an activating group) is 1. The lowest BCUT2D eigenvalue weighted by Gasteiger charge is -2.08. The van der Waals surface area contributed by atoms with Gasteiger partial charge in [0.05, 0.1) is 5.57 Å². The van der Waals surface area contributed by atoms with Crippen LogP contribution in [0.4, 0.5) is 10.1 Å². The fourth-order valence-corrected chi connectivity index (χ4v) is 2.18. The minimum atomic E-state index is -0.406. The van der Waals surface area contributed by atoms with Gasteiger partial charge < -0.3 is 16.0 Å². The summed E-state index contributed by atoms with van der Waals surface area (Å²) in [7, 11) is 1.54. The zero-order valence-electron chi connectivity index (χ0n) is 13.2. The van der Waals surface area contributed by atoms with Crippen molar-refractivity contribution in [2.45, 2.75) is 13.8 Å². The minimum absolute atomic E-state index is 0.232. The van der Waals surface area contributed by atoms with E-state index >= 15 is 0 Å². The molecular weight excluding hydrogens is 297 g/mol. The molecule has 1 aliphatic rings. The second kappa shape index (κ2) is 6.91. The Hall–Kier alpha value is -2.89. The minimum Gasteiger partial charge on any atom is -0.359 e. The molecule has 120 valence electrons. The van der Waals surface area contributed by atoms with Crippen molar-refractivity contribution in [1.82, 2.24) is 10.6 Å². The lowest BCUT2D eigenvalue weighted by atomic mass is 10.1. The zero-order chi connectivity index (χ0) is 17.0. The number of nitrogens with one attached hydrogen (secondary N) is 3. The molecule has 2 rings (SSSR count). The summed E-state index contributed by atoms with van der Waals surface area (Å²) in [4.78, 5) is 23.4. The summed E-state index contributed by atoms with van der Waals surface area (Å²) in [5, 5.41) is 8.22. The number of anilines is 1. The average Bonchev–Trinajstić information content (AvgIpc) is 2.81. The van der Waals surface area contributed by atoms with E-state index in [1.165, 1.54) is 24.3 Å². The van der Waals surface area contributed by atoms with E-state index in [0.29, 0.717) is 28.2 Å². The number of allylic oxidation sites excluding steroid dienone is 3. The summed E-state index contributed by atoms with van der Waals surface area (Å²) >= 11 is 0. The number of hydrogen-bond acceptors (Lipinski definition) is 3. The van der Waals surface area contributed by atoms with Gasteiger partial charge in [-0.05, 0) is 38.1 Å². The molecule has 1 aromatic carbocycles. The lowest BCUT2D eigenvalue weighted by Crippen LogP contribution is -2.18. The molecule has 0 spiro atoms. The molecule has 0 aliphatic carbocycles. The summed E-state index contributed by atoms with van der Waals surface area (Å²) in [6.07, 6.45) is 4.80. The van der Waals surface area contributed by atoms with Gasteiger partial charge in [-0.25, -0.2) is 4.39 Å². The van der Waals surface area contributed by atoms with Crippen molar-refractivity contribution in [3.63, 3.8) is 0 Å². The molecule has 1 heterocycles. The van der Waals surface area contributed by atoms with Gasteiger partial charge in [0.25, 0.3) is 5.91 Å². The molecule has 5 nitrogen and oxygen atoms in total. The number of carbonyl (C=O) groups excluding carboxylic acids is 2. The van der Waals surface area contributed by atoms with Crippen LogP contribution >= 0.6 is 0 Å². The van der Waals surface area contributed by atoms with Gasteiger partial charge in [0, 0.05) is 35.8 Å². The highest BCUT2D eigenvalue weighted by Crippen LogP contribution is 2.32. The second-order valence-corrected chi connectivity index (χ2v) is 5.01. The third-order valence-corrected chi connectivity index (χ3v) is 3.31. The van der Waals surface area contributed by atoms with Crippen LogP contribution in [0.5, 0.6) is 0 Å². The smallest absolute Gasteiger partial charge is 0.256 e. The predicted molar refractivity (Wildman–Crippen MR) is 87.7 cm³/mol. The maximum absolute atomic E-state index is 13.4. The Balaban J connectivity index is 2.30. The van der Waals surface area contributed by atoms with Gasteiger partial charge in [0.2, 0.25) is 5.91 Å². The molecule has 0 radical (unpaired) electrons. The van der Waals surface area contributed by atoms with Crippen LogP contribution in [0.25, 0.3) is 5.57 Å². The molecule has 0 atom stereocenters. The number of carbonyl (C=O) groups is 2. The average molecular weight is 315 g/mol. The molecule has 0 saturated heterocycles. The third-order valence-electron chi connectivity index (χ3n) is 3.31. The van der Waals surface area contributed by atoms with Crippen LogP contribution in [-0.4, -0.2) is 18.9 Å². The van der Waals surface area contributed by atoms with E-state index in [1.807, 2.05) is 0 Å². The number of halogens is 1. The van der Waals surface area contributed by atoms with Crippen LogP contribution in [0.2, 0.25) is 0 Å². The Bertz CT molecular complexity index is 748. The van der Waals surface area contributed by atoms with Gasteiger partial charge in [-0.15, -0.1) is 0 Å². The molecule has 2 amide bonds. The Morgan fingerprint density at radius 2 is 2.09 bits per heavy atom. The van der Waals surface area contributed by atoms with Gasteiger partial charge in [-0.3, -0.25) is 9.59 Å². The monoisotopic (exact) mass is 315 g/mol. The first-order valence-electron chi connectivity index (χ1n) is 7.11. The molecule has 0 aromatic heterocycles. The van der Waals surface area contributed by atoms with Crippen LogP contribution < -0.4 is 16.0 Å². The highest BCUT2D eigenvalue weighted by Gasteiger charge is 2.24. The van der Waals surface area contributed by atoms with Gasteiger partial charge in [0.1, 0.15) is 5.82 Å².